The van der Waals surface area contributed by atoms with Crippen LogP contribution in [0.15, 0.2) is 53.5 Å². The predicted molar refractivity (Wildman–Crippen MR) is 113 cm³/mol. The highest BCUT2D eigenvalue weighted by Gasteiger charge is 2.29. The molecule has 5 nitrogen and oxygen atoms in total. The second-order valence-electron chi connectivity index (χ2n) is 6.36. The van der Waals surface area contributed by atoms with Gasteiger partial charge in [-0.25, -0.2) is 0 Å². The zero-order valence-electron chi connectivity index (χ0n) is 15.1. The fourth-order valence-corrected chi connectivity index (χ4v) is 3.83. The van der Waals surface area contributed by atoms with Crippen molar-refractivity contribution in [1.82, 2.24) is 0 Å². The first-order chi connectivity index (χ1) is 13.0. The SMILES string of the molecule is CC(C)c1ccccc1NC(=O)CSC1=NCC(=O)N1c1ccccc1Cl. The van der Waals surface area contributed by atoms with Crippen molar-refractivity contribution in [2.24, 2.45) is 4.99 Å². The summed E-state index contributed by atoms with van der Waals surface area (Å²) in [5.74, 6) is 0.159. The van der Waals surface area contributed by atoms with Crippen LogP contribution < -0.4 is 10.2 Å². The van der Waals surface area contributed by atoms with Gasteiger partial charge in [-0.3, -0.25) is 19.5 Å². The summed E-state index contributed by atoms with van der Waals surface area (Å²) >= 11 is 7.44. The molecule has 0 fully saturated rings. The monoisotopic (exact) mass is 401 g/mol. The predicted octanol–water partition coefficient (Wildman–Crippen LogP) is 4.54. The Hall–Kier alpha value is -2.31. The first-order valence-corrected chi connectivity index (χ1v) is 9.97. The molecule has 0 radical (unpaired) electrons. The minimum Gasteiger partial charge on any atom is -0.325 e. The number of carbonyl (C=O) groups excluding carboxylic acids is 2. The van der Waals surface area contributed by atoms with Crippen LogP contribution in [0.2, 0.25) is 5.02 Å². The van der Waals surface area contributed by atoms with Gasteiger partial charge in [0.15, 0.2) is 5.17 Å². The molecule has 2 aromatic rings. The number of para-hydroxylation sites is 2. The van der Waals surface area contributed by atoms with Crippen LogP contribution >= 0.6 is 23.4 Å². The van der Waals surface area contributed by atoms with Gasteiger partial charge in [-0.1, -0.05) is 67.5 Å². The Morgan fingerprint density at radius 3 is 2.67 bits per heavy atom. The van der Waals surface area contributed by atoms with Gasteiger partial charge in [0.25, 0.3) is 5.91 Å². The lowest BCUT2D eigenvalue weighted by Crippen LogP contribution is -2.32. The number of nitrogens with one attached hydrogen (secondary N) is 1. The number of aliphatic imine (C=N–C) groups is 1. The number of benzene rings is 2. The number of halogens is 1. The first kappa shape index (κ1) is 19.5. The molecule has 0 spiro atoms. The Bertz CT molecular complexity index is 898. The van der Waals surface area contributed by atoms with Gasteiger partial charge < -0.3 is 5.32 Å². The van der Waals surface area contributed by atoms with Gasteiger partial charge in [0.2, 0.25) is 5.91 Å². The number of anilines is 2. The Kier molecular flexibility index (Phi) is 6.19. The smallest absolute Gasteiger partial charge is 0.254 e. The number of hydrogen-bond donors (Lipinski definition) is 1. The second kappa shape index (κ2) is 8.59. The van der Waals surface area contributed by atoms with Crippen molar-refractivity contribution in [3.8, 4) is 0 Å². The highest BCUT2D eigenvalue weighted by atomic mass is 35.5. The molecule has 0 unspecified atom stereocenters. The Morgan fingerprint density at radius 2 is 1.93 bits per heavy atom. The van der Waals surface area contributed by atoms with Crippen molar-refractivity contribution in [3.63, 3.8) is 0 Å². The summed E-state index contributed by atoms with van der Waals surface area (Å²) in [6.07, 6.45) is 0. The standard InChI is InChI=1S/C20H20ClN3O2S/c1-13(2)14-7-3-5-9-16(14)23-18(25)12-27-20-22-11-19(26)24(20)17-10-6-4-8-15(17)21/h3-10,13H,11-12H2,1-2H3,(H,23,25). The van der Waals surface area contributed by atoms with E-state index in [1.165, 1.54) is 16.7 Å². The van der Waals surface area contributed by atoms with Gasteiger partial charge in [0.1, 0.15) is 6.54 Å². The largest absolute Gasteiger partial charge is 0.325 e. The van der Waals surface area contributed by atoms with Crippen molar-refractivity contribution in [3.05, 3.63) is 59.1 Å². The molecule has 0 saturated heterocycles. The number of thioether (sulfide) groups is 1. The highest BCUT2D eigenvalue weighted by Crippen LogP contribution is 2.30. The lowest BCUT2D eigenvalue weighted by Gasteiger charge is -2.19. The molecule has 140 valence electrons. The van der Waals surface area contributed by atoms with Crippen LogP contribution in [0.3, 0.4) is 0 Å². The topological polar surface area (TPSA) is 61.8 Å². The van der Waals surface area contributed by atoms with E-state index < -0.39 is 0 Å². The summed E-state index contributed by atoms with van der Waals surface area (Å²) < 4.78 is 0. The average Bonchev–Trinajstić information content (AvgIpc) is 3.01. The van der Waals surface area contributed by atoms with Crippen LogP contribution in [0, 0.1) is 0 Å². The minimum absolute atomic E-state index is 0.0609. The van der Waals surface area contributed by atoms with E-state index in [2.05, 4.69) is 24.2 Å². The van der Waals surface area contributed by atoms with E-state index in [9.17, 15) is 9.59 Å². The third kappa shape index (κ3) is 4.51. The molecule has 0 atom stereocenters. The van der Waals surface area contributed by atoms with Crippen LogP contribution in [0.4, 0.5) is 11.4 Å². The average molecular weight is 402 g/mol. The summed E-state index contributed by atoms with van der Waals surface area (Å²) in [7, 11) is 0. The molecule has 7 heteroatoms. The number of carbonyl (C=O) groups is 2. The highest BCUT2D eigenvalue weighted by molar-refractivity contribution is 8.14. The summed E-state index contributed by atoms with van der Waals surface area (Å²) in [4.78, 5) is 30.4. The molecule has 0 aliphatic carbocycles. The molecular weight excluding hydrogens is 382 g/mol. The third-order valence-corrected chi connectivity index (χ3v) is 5.37. The molecule has 0 aromatic heterocycles. The number of rotatable bonds is 5. The van der Waals surface area contributed by atoms with E-state index in [1.807, 2.05) is 30.3 Å². The molecule has 1 aliphatic rings. The van der Waals surface area contributed by atoms with Crippen molar-refractivity contribution in [1.29, 1.82) is 0 Å². The van der Waals surface area contributed by atoms with E-state index in [0.29, 0.717) is 21.8 Å². The summed E-state index contributed by atoms with van der Waals surface area (Å²) in [6, 6.07) is 14.9. The van der Waals surface area contributed by atoms with Crippen molar-refractivity contribution in [2.75, 3.05) is 22.5 Å². The van der Waals surface area contributed by atoms with Gasteiger partial charge in [0.05, 0.1) is 16.5 Å². The lowest BCUT2D eigenvalue weighted by atomic mass is 10.0. The molecule has 2 amide bonds. The number of nitrogens with zero attached hydrogens (tertiary/aromatic N) is 2. The number of amidine groups is 1. The molecule has 0 bridgehead atoms. The van der Waals surface area contributed by atoms with Crippen LogP contribution in [-0.2, 0) is 9.59 Å². The molecule has 0 saturated carbocycles. The third-order valence-electron chi connectivity index (χ3n) is 4.07. The fraction of sp³-hybridized carbons (Fsp3) is 0.250. The number of hydrogen-bond acceptors (Lipinski definition) is 4. The van der Waals surface area contributed by atoms with Crippen LogP contribution in [-0.4, -0.2) is 29.3 Å². The lowest BCUT2D eigenvalue weighted by molar-refractivity contribution is -0.116. The van der Waals surface area contributed by atoms with Crippen molar-refractivity contribution in [2.45, 2.75) is 19.8 Å². The van der Waals surface area contributed by atoms with E-state index in [1.54, 1.807) is 18.2 Å². The molecule has 1 N–H and O–H groups in total. The van der Waals surface area contributed by atoms with Gasteiger partial charge in [0, 0.05) is 5.69 Å². The molecular formula is C20H20ClN3O2S. The van der Waals surface area contributed by atoms with E-state index in [-0.39, 0.29) is 24.1 Å². The maximum absolute atomic E-state index is 12.4. The summed E-state index contributed by atoms with van der Waals surface area (Å²) in [6.45, 7) is 4.23. The maximum Gasteiger partial charge on any atom is 0.254 e. The second-order valence-corrected chi connectivity index (χ2v) is 7.71. The minimum atomic E-state index is -0.156. The molecule has 1 aliphatic heterocycles. The molecule has 2 aromatic carbocycles. The zero-order chi connectivity index (χ0) is 19.4. The van der Waals surface area contributed by atoms with E-state index in [4.69, 9.17) is 11.6 Å². The quantitative estimate of drug-likeness (QED) is 0.800. The normalized spacial score (nSPS) is 13.9. The Morgan fingerprint density at radius 1 is 1.22 bits per heavy atom. The molecule has 27 heavy (non-hydrogen) atoms. The number of amides is 2. The molecule has 1 heterocycles. The van der Waals surface area contributed by atoms with Crippen LogP contribution in [0.1, 0.15) is 25.3 Å². The van der Waals surface area contributed by atoms with Crippen LogP contribution in [0.5, 0.6) is 0 Å². The van der Waals surface area contributed by atoms with E-state index >= 15 is 0 Å². The van der Waals surface area contributed by atoms with Gasteiger partial charge >= 0.3 is 0 Å². The van der Waals surface area contributed by atoms with E-state index in [0.717, 1.165) is 11.3 Å². The zero-order valence-corrected chi connectivity index (χ0v) is 16.7. The van der Waals surface area contributed by atoms with Gasteiger partial charge in [-0.15, -0.1) is 0 Å². The van der Waals surface area contributed by atoms with Crippen molar-refractivity contribution >= 4 is 51.7 Å². The summed E-state index contributed by atoms with van der Waals surface area (Å²) in [5, 5.41) is 3.90. The van der Waals surface area contributed by atoms with Gasteiger partial charge in [-0.05, 0) is 29.7 Å². The molecule has 3 rings (SSSR count). The fourth-order valence-electron chi connectivity index (χ4n) is 2.79. The first-order valence-electron chi connectivity index (χ1n) is 8.61. The van der Waals surface area contributed by atoms with Crippen LogP contribution in [0.25, 0.3) is 0 Å². The summed E-state index contributed by atoms with van der Waals surface area (Å²) in [5.41, 5.74) is 2.48. The maximum atomic E-state index is 12.4. The Labute approximate surface area is 167 Å². The van der Waals surface area contributed by atoms with Crippen molar-refractivity contribution < 1.29 is 9.59 Å². The van der Waals surface area contributed by atoms with Gasteiger partial charge in [-0.2, -0.15) is 0 Å². The Balaban J connectivity index is 1.67.